The Morgan fingerprint density at radius 1 is 1.33 bits per heavy atom. The molecular formula is C13H19N3O2. The normalized spacial score (nSPS) is 18.9. The zero-order chi connectivity index (χ0) is 13.1. The van der Waals surface area contributed by atoms with Crippen molar-refractivity contribution >= 4 is 5.91 Å². The number of hydrogen-bond donors (Lipinski definition) is 1. The second-order valence-corrected chi connectivity index (χ2v) is 4.66. The fourth-order valence-electron chi connectivity index (χ4n) is 2.31. The predicted molar refractivity (Wildman–Crippen MR) is 67.6 cm³/mol. The van der Waals surface area contributed by atoms with Crippen molar-refractivity contribution in [3.05, 3.63) is 22.8 Å². The maximum atomic E-state index is 12.1. The highest BCUT2D eigenvalue weighted by atomic mass is 16.5. The molecule has 1 aromatic rings. The smallest absolute Gasteiger partial charge is 0.255 e. The molecule has 1 unspecified atom stereocenters. The molecule has 98 valence electrons. The molecule has 1 fully saturated rings. The quantitative estimate of drug-likeness (QED) is 0.877. The van der Waals surface area contributed by atoms with Crippen molar-refractivity contribution in [1.82, 2.24) is 15.3 Å². The first kappa shape index (κ1) is 13.0. The van der Waals surface area contributed by atoms with Crippen molar-refractivity contribution in [2.75, 3.05) is 13.2 Å². The second-order valence-electron chi connectivity index (χ2n) is 4.66. The third kappa shape index (κ3) is 2.85. The molecule has 1 amide bonds. The van der Waals surface area contributed by atoms with Gasteiger partial charge in [0.25, 0.3) is 5.91 Å². The number of nitrogens with zero attached hydrogens (tertiary/aromatic N) is 2. The van der Waals surface area contributed by atoms with Crippen LogP contribution >= 0.6 is 0 Å². The molecule has 0 spiro atoms. The van der Waals surface area contributed by atoms with Gasteiger partial charge in [0.05, 0.1) is 23.1 Å². The molecule has 18 heavy (non-hydrogen) atoms. The van der Waals surface area contributed by atoms with Gasteiger partial charge in [-0.05, 0) is 33.6 Å². The van der Waals surface area contributed by atoms with Crippen LogP contribution in [0.15, 0.2) is 0 Å². The third-order valence-corrected chi connectivity index (χ3v) is 3.12. The summed E-state index contributed by atoms with van der Waals surface area (Å²) in [5.41, 5.74) is 2.04. The molecule has 1 saturated heterocycles. The van der Waals surface area contributed by atoms with Gasteiger partial charge in [-0.2, -0.15) is 0 Å². The van der Waals surface area contributed by atoms with Crippen LogP contribution in [0, 0.1) is 20.8 Å². The Bertz CT molecular complexity index is 431. The van der Waals surface area contributed by atoms with Crippen molar-refractivity contribution < 1.29 is 9.53 Å². The molecule has 5 heteroatoms. The molecule has 0 aromatic carbocycles. The summed E-state index contributed by atoms with van der Waals surface area (Å²) in [6.45, 7) is 6.86. The number of rotatable bonds is 3. The van der Waals surface area contributed by atoms with Gasteiger partial charge in [-0.1, -0.05) is 0 Å². The summed E-state index contributed by atoms with van der Waals surface area (Å²) in [4.78, 5) is 20.6. The Hall–Kier alpha value is -1.49. The molecular weight excluding hydrogens is 230 g/mol. The van der Waals surface area contributed by atoms with E-state index in [1.807, 2.05) is 20.8 Å². The minimum Gasteiger partial charge on any atom is -0.376 e. The first-order chi connectivity index (χ1) is 8.58. The van der Waals surface area contributed by atoms with Crippen molar-refractivity contribution in [2.24, 2.45) is 0 Å². The lowest BCUT2D eigenvalue weighted by Gasteiger charge is -2.13. The molecule has 5 nitrogen and oxygen atoms in total. The van der Waals surface area contributed by atoms with E-state index in [-0.39, 0.29) is 12.0 Å². The molecule has 1 N–H and O–H groups in total. The van der Waals surface area contributed by atoms with Gasteiger partial charge >= 0.3 is 0 Å². The SMILES string of the molecule is Cc1nc(C)c(C(=O)NCC2CCCO2)c(C)n1. The lowest BCUT2D eigenvalue weighted by molar-refractivity contribution is 0.0856. The standard InChI is InChI=1S/C13H19N3O2/c1-8-12(9(2)16-10(3)15-8)13(17)14-7-11-5-4-6-18-11/h11H,4-7H2,1-3H3,(H,14,17). The first-order valence-electron chi connectivity index (χ1n) is 6.29. The van der Waals surface area contributed by atoms with Crippen LogP contribution in [-0.4, -0.2) is 35.1 Å². The lowest BCUT2D eigenvalue weighted by Crippen LogP contribution is -2.33. The van der Waals surface area contributed by atoms with Crippen LogP contribution in [0.3, 0.4) is 0 Å². The topological polar surface area (TPSA) is 64.1 Å². The summed E-state index contributed by atoms with van der Waals surface area (Å²) in [5.74, 6) is 0.584. The van der Waals surface area contributed by atoms with Gasteiger partial charge in [-0.15, -0.1) is 0 Å². The summed E-state index contributed by atoms with van der Waals surface area (Å²) >= 11 is 0. The summed E-state index contributed by atoms with van der Waals surface area (Å²) in [5, 5.41) is 2.90. The van der Waals surface area contributed by atoms with E-state index in [0.717, 1.165) is 30.8 Å². The maximum absolute atomic E-state index is 12.1. The fourth-order valence-corrected chi connectivity index (χ4v) is 2.31. The average Bonchev–Trinajstić information content (AvgIpc) is 2.77. The Kier molecular flexibility index (Phi) is 3.91. The summed E-state index contributed by atoms with van der Waals surface area (Å²) in [7, 11) is 0. The molecule has 1 aliphatic heterocycles. The number of carbonyl (C=O) groups is 1. The van der Waals surface area contributed by atoms with Crippen LogP contribution in [0.1, 0.15) is 40.4 Å². The van der Waals surface area contributed by atoms with E-state index >= 15 is 0 Å². The number of hydrogen-bond acceptors (Lipinski definition) is 4. The highest BCUT2D eigenvalue weighted by molar-refractivity contribution is 5.96. The van der Waals surface area contributed by atoms with Gasteiger partial charge < -0.3 is 10.1 Å². The van der Waals surface area contributed by atoms with Gasteiger partial charge in [-0.3, -0.25) is 4.79 Å². The van der Waals surface area contributed by atoms with Crippen molar-refractivity contribution in [3.63, 3.8) is 0 Å². The molecule has 1 atom stereocenters. The monoisotopic (exact) mass is 249 g/mol. The minimum absolute atomic E-state index is 0.111. The predicted octanol–water partition coefficient (Wildman–Crippen LogP) is 1.31. The molecule has 2 rings (SSSR count). The molecule has 0 saturated carbocycles. The molecule has 1 aliphatic rings. The van der Waals surface area contributed by atoms with E-state index < -0.39 is 0 Å². The Balaban J connectivity index is 2.04. The van der Waals surface area contributed by atoms with E-state index in [9.17, 15) is 4.79 Å². The number of aromatic nitrogens is 2. The van der Waals surface area contributed by atoms with Crippen molar-refractivity contribution in [2.45, 2.75) is 39.7 Å². The Labute approximate surface area is 107 Å². The summed E-state index contributed by atoms with van der Waals surface area (Å²) in [6, 6.07) is 0. The first-order valence-corrected chi connectivity index (χ1v) is 6.29. The van der Waals surface area contributed by atoms with E-state index in [1.54, 1.807) is 0 Å². The number of ether oxygens (including phenoxy) is 1. The van der Waals surface area contributed by atoms with E-state index in [0.29, 0.717) is 17.9 Å². The largest absolute Gasteiger partial charge is 0.376 e. The zero-order valence-corrected chi connectivity index (χ0v) is 11.1. The lowest BCUT2D eigenvalue weighted by atomic mass is 10.1. The molecule has 1 aromatic heterocycles. The van der Waals surface area contributed by atoms with Crippen molar-refractivity contribution in [3.8, 4) is 0 Å². The van der Waals surface area contributed by atoms with Gasteiger partial charge in [0, 0.05) is 13.2 Å². The van der Waals surface area contributed by atoms with Crippen LogP contribution in [-0.2, 0) is 4.74 Å². The van der Waals surface area contributed by atoms with E-state index in [2.05, 4.69) is 15.3 Å². The Morgan fingerprint density at radius 3 is 2.56 bits per heavy atom. The number of carbonyl (C=O) groups excluding carboxylic acids is 1. The van der Waals surface area contributed by atoms with Gasteiger partial charge in [-0.25, -0.2) is 9.97 Å². The van der Waals surface area contributed by atoms with Gasteiger partial charge in [0.1, 0.15) is 5.82 Å². The number of amides is 1. The van der Waals surface area contributed by atoms with Crippen LogP contribution in [0.2, 0.25) is 0 Å². The van der Waals surface area contributed by atoms with Crippen LogP contribution in [0.4, 0.5) is 0 Å². The molecule has 0 radical (unpaired) electrons. The average molecular weight is 249 g/mol. The summed E-state index contributed by atoms with van der Waals surface area (Å²) < 4.78 is 5.47. The molecule has 0 bridgehead atoms. The second kappa shape index (κ2) is 5.44. The van der Waals surface area contributed by atoms with Crippen LogP contribution < -0.4 is 5.32 Å². The fraction of sp³-hybridized carbons (Fsp3) is 0.615. The van der Waals surface area contributed by atoms with Gasteiger partial charge in [0.15, 0.2) is 0 Å². The van der Waals surface area contributed by atoms with Gasteiger partial charge in [0.2, 0.25) is 0 Å². The highest BCUT2D eigenvalue weighted by Crippen LogP contribution is 2.12. The highest BCUT2D eigenvalue weighted by Gasteiger charge is 2.19. The molecule has 2 heterocycles. The molecule has 0 aliphatic carbocycles. The van der Waals surface area contributed by atoms with E-state index in [1.165, 1.54) is 0 Å². The summed E-state index contributed by atoms with van der Waals surface area (Å²) in [6.07, 6.45) is 2.25. The van der Waals surface area contributed by atoms with E-state index in [4.69, 9.17) is 4.74 Å². The van der Waals surface area contributed by atoms with Crippen LogP contribution in [0.5, 0.6) is 0 Å². The minimum atomic E-state index is -0.111. The van der Waals surface area contributed by atoms with Crippen molar-refractivity contribution in [1.29, 1.82) is 0 Å². The third-order valence-electron chi connectivity index (χ3n) is 3.12. The number of aryl methyl sites for hydroxylation is 3. The Morgan fingerprint density at radius 2 is 2.00 bits per heavy atom. The zero-order valence-electron chi connectivity index (χ0n) is 11.1. The van der Waals surface area contributed by atoms with Crippen LogP contribution in [0.25, 0.3) is 0 Å². The maximum Gasteiger partial charge on any atom is 0.255 e. The number of nitrogens with one attached hydrogen (secondary N) is 1.